The summed E-state index contributed by atoms with van der Waals surface area (Å²) in [5.74, 6) is 59.0. The lowest BCUT2D eigenvalue weighted by molar-refractivity contribution is -0.236. The summed E-state index contributed by atoms with van der Waals surface area (Å²) in [6.07, 6.45) is 7.08. The van der Waals surface area contributed by atoms with Gasteiger partial charge in [0.25, 0.3) is 5.91 Å². The maximum Gasteiger partial charge on any atom is 0.297 e. The number of ether oxygens (including phenoxy) is 2. The quantitative estimate of drug-likeness (QED) is 0.193. The van der Waals surface area contributed by atoms with Gasteiger partial charge in [-0.25, -0.2) is 4.39 Å². The number of hydrogen-bond donors (Lipinski definition) is 1. The summed E-state index contributed by atoms with van der Waals surface area (Å²) >= 11 is 0. The smallest absolute Gasteiger partial charge is 0.297 e. The molecule has 55 heavy (non-hydrogen) atoms. The summed E-state index contributed by atoms with van der Waals surface area (Å²) in [5, 5.41) is 2.65. The monoisotopic (exact) mass is 723 g/mol. The Labute approximate surface area is 329 Å². The lowest BCUT2D eigenvalue weighted by Crippen LogP contribution is -2.50. The second kappa shape index (κ2) is 28.6. The van der Waals surface area contributed by atoms with E-state index in [1.54, 1.807) is 19.1 Å². The van der Waals surface area contributed by atoms with Gasteiger partial charge in [-0.1, -0.05) is 51.0 Å². The van der Waals surface area contributed by atoms with Crippen molar-refractivity contribution in [2.75, 3.05) is 6.61 Å². The van der Waals surface area contributed by atoms with E-state index in [-0.39, 0.29) is 42.3 Å². The normalized spacial score (nSPS) is 17.7. The van der Waals surface area contributed by atoms with Crippen LogP contribution in [0.1, 0.15) is 53.4 Å². The van der Waals surface area contributed by atoms with Crippen LogP contribution in [-0.4, -0.2) is 37.1 Å². The third-order valence-corrected chi connectivity index (χ3v) is 7.37. The molecule has 1 aliphatic rings. The number of carbonyl (C=O) groups excluding carboxylic acids is 1. The van der Waals surface area contributed by atoms with E-state index >= 15 is 4.39 Å². The highest BCUT2D eigenvalue weighted by Gasteiger charge is 2.42. The van der Waals surface area contributed by atoms with Crippen molar-refractivity contribution >= 4 is 5.91 Å². The molecule has 4 nitrogen and oxygen atoms in total. The van der Waals surface area contributed by atoms with Gasteiger partial charge in [-0.2, -0.15) is 0 Å². The fraction of sp³-hybridized carbons (Fsp3) is 0.340. The van der Waals surface area contributed by atoms with E-state index < -0.39 is 24.4 Å². The average molecular weight is 724 g/mol. The number of alkyl halides is 1. The molecule has 7 atom stereocenters. The molecule has 1 saturated heterocycles. The Kier molecular flexibility index (Phi) is 23.9. The molecule has 0 saturated carbocycles. The molecule has 1 N–H and O–H groups in total. The maximum atomic E-state index is 15.6. The number of carbonyl (C=O) groups is 1. The van der Waals surface area contributed by atoms with Gasteiger partial charge in [0.15, 0.2) is 6.29 Å². The molecule has 0 bridgehead atoms. The molecule has 1 aliphatic heterocycles. The van der Waals surface area contributed by atoms with Gasteiger partial charge in [0.05, 0.1) is 18.8 Å². The van der Waals surface area contributed by atoms with Crippen LogP contribution in [0.3, 0.4) is 0 Å². The third-order valence-electron chi connectivity index (χ3n) is 7.37. The average Bonchev–Trinajstić information content (AvgIpc) is 3.15. The molecule has 0 aromatic carbocycles. The molecule has 1 amide bonds. The van der Waals surface area contributed by atoms with Crippen LogP contribution in [-0.2, 0) is 14.3 Å². The van der Waals surface area contributed by atoms with Crippen molar-refractivity contribution in [3.05, 3.63) is 50.6 Å². The zero-order chi connectivity index (χ0) is 40.6. The fourth-order valence-corrected chi connectivity index (χ4v) is 4.90. The maximum absolute atomic E-state index is 15.6. The Balaban J connectivity index is 2.87. The van der Waals surface area contributed by atoms with E-state index in [9.17, 15) is 4.79 Å². The van der Waals surface area contributed by atoms with Gasteiger partial charge in [0.2, 0.25) is 0 Å². The minimum absolute atomic E-state index is 0.0301. The van der Waals surface area contributed by atoms with Crippen molar-refractivity contribution in [3.63, 3.8) is 0 Å². The van der Waals surface area contributed by atoms with E-state index in [1.165, 1.54) is 0 Å². The van der Waals surface area contributed by atoms with Crippen LogP contribution in [0.15, 0.2) is 50.6 Å². The van der Waals surface area contributed by atoms with Gasteiger partial charge in [-0.3, -0.25) is 4.79 Å². The molecule has 1 fully saturated rings. The second-order valence-corrected chi connectivity index (χ2v) is 12.5. The Hall–Kier alpha value is -7.00. The van der Waals surface area contributed by atoms with E-state index in [4.69, 9.17) is 9.47 Å². The molecular formula is C50H42FNO3. The van der Waals surface area contributed by atoms with E-state index in [2.05, 4.69) is 194 Å². The Morgan fingerprint density at radius 2 is 1.15 bits per heavy atom. The largest absolute Gasteiger partial charge is 0.350 e. The highest BCUT2D eigenvalue weighted by Crippen LogP contribution is 2.39. The van der Waals surface area contributed by atoms with Gasteiger partial charge in [0.1, 0.15) is 6.17 Å². The Bertz CT molecular complexity index is 2200. The van der Waals surface area contributed by atoms with Gasteiger partial charge >= 0.3 is 0 Å². The summed E-state index contributed by atoms with van der Waals surface area (Å²) in [6, 6.07) is -0.981. The van der Waals surface area contributed by atoms with Crippen LogP contribution in [0.4, 0.5) is 4.39 Å². The number of halogens is 1. The first kappa shape index (κ1) is 46.0. The zero-order valence-electron chi connectivity index (χ0n) is 31.8. The first-order chi connectivity index (χ1) is 26.6. The molecule has 0 radical (unpaired) electrons. The number of rotatable bonds is 13. The van der Waals surface area contributed by atoms with Crippen LogP contribution < -0.4 is 5.32 Å². The minimum atomic E-state index is -1.39. The second-order valence-electron chi connectivity index (χ2n) is 12.5. The van der Waals surface area contributed by atoms with Crippen molar-refractivity contribution in [1.29, 1.82) is 0 Å². The van der Waals surface area contributed by atoms with Crippen molar-refractivity contribution in [2.45, 2.75) is 78.0 Å². The Morgan fingerprint density at radius 1 is 0.709 bits per heavy atom. The topological polar surface area (TPSA) is 47.6 Å². The first-order valence-corrected chi connectivity index (χ1v) is 17.2. The lowest BCUT2D eigenvalue weighted by atomic mass is 9.75. The molecule has 2 unspecified atom stereocenters. The molecule has 5 heteroatoms. The van der Waals surface area contributed by atoms with E-state index in [0.717, 1.165) is 6.42 Å². The molecule has 0 aromatic rings. The SMILES string of the molecule is C=CCC1O[C@H](OC[C@H](NC(=O)C#CC#CC#CC#CC#CC#CC#CC#CC#CC#CC#CC#CC)[C@H](F)CCCC(C)(C)C)[C@@H](C=C)C(C=C)[C@H]1C=C. The highest BCUT2D eigenvalue weighted by atomic mass is 19.1. The minimum Gasteiger partial charge on any atom is -0.350 e. The van der Waals surface area contributed by atoms with Crippen molar-refractivity contribution in [2.24, 2.45) is 23.2 Å². The molecule has 0 spiro atoms. The predicted octanol–water partition coefficient (Wildman–Crippen LogP) is 5.81. The molecule has 1 heterocycles. The van der Waals surface area contributed by atoms with Crippen LogP contribution in [0.5, 0.6) is 0 Å². The van der Waals surface area contributed by atoms with Crippen LogP contribution in [0.2, 0.25) is 0 Å². The summed E-state index contributed by atoms with van der Waals surface area (Å²) in [4.78, 5) is 12.7. The molecule has 272 valence electrons. The molecule has 0 aromatic heterocycles. The summed E-state index contributed by atoms with van der Waals surface area (Å²) < 4.78 is 28.1. The molecular weight excluding hydrogens is 682 g/mol. The van der Waals surface area contributed by atoms with Crippen molar-refractivity contribution in [1.82, 2.24) is 5.32 Å². The van der Waals surface area contributed by atoms with Gasteiger partial charge < -0.3 is 14.8 Å². The predicted molar refractivity (Wildman–Crippen MR) is 220 cm³/mol. The van der Waals surface area contributed by atoms with E-state index in [1.807, 2.05) is 12.2 Å². The number of amides is 1. The summed E-state index contributed by atoms with van der Waals surface area (Å²) in [7, 11) is 0. The van der Waals surface area contributed by atoms with E-state index in [0.29, 0.717) is 12.8 Å². The van der Waals surface area contributed by atoms with Crippen LogP contribution in [0, 0.1) is 165 Å². The van der Waals surface area contributed by atoms with Gasteiger partial charge in [-0.05, 0) is 139 Å². The number of nitrogens with one attached hydrogen (secondary N) is 1. The van der Waals surface area contributed by atoms with Crippen molar-refractivity contribution in [3.8, 4) is 142 Å². The zero-order valence-corrected chi connectivity index (χ0v) is 31.8. The third kappa shape index (κ3) is 21.2. The Morgan fingerprint density at radius 3 is 1.55 bits per heavy atom. The summed E-state index contributed by atoms with van der Waals surface area (Å²) in [5.41, 5.74) is 0.0474. The highest BCUT2D eigenvalue weighted by molar-refractivity contribution is 5.94. The fourth-order valence-electron chi connectivity index (χ4n) is 4.90. The molecule has 0 aliphatic carbocycles. The van der Waals surface area contributed by atoms with Gasteiger partial charge in [-0.15, -0.1) is 26.3 Å². The first-order valence-electron chi connectivity index (χ1n) is 17.2. The molecule has 1 rings (SSSR count). The van der Waals surface area contributed by atoms with Crippen LogP contribution in [0.25, 0.3) is 0 Å². The summed E-state index contributed by atoms with van der Waals surface area (Å²) in [6.45, 7) is 23.6. The van der Waals surface area contributed by atoms with Crippen LogP contribution >= 0.6 is 0 Å². The van der Waals surface area contributed by atoms with Crippen molar-refractivity contribution < 1.29 is 18.7 Å². The number of allylic oxidation sites excluding steroid dienone is 1. The van der Waals surface area contributed by atoms with Gasteiger partial charge in [0, 0.05) is 53.3 Å². The standard InChI is InChI=1S/C50H42FNO3/c1-9-14-15-16-17-18-19-20-21-22-23-24-25-26-27-28-29-30-31-32-33-34-35-39-48(53)52-46(45(51)38-36-40-50(6,7)8)41-54-49-44(13-5)42(11-3)43(12-4)47(55-49)37-10-2/h10-13,42-47,49H,2-5,36-38,40-41H2,1,6-8H3,(H,52,53)/t42?,43-,44+,45-,46+,47?,49+/m1/s1. The number of hydrogen-bond acceptors (Lipinski definition) is 3. The lowest BCUT2D eigenvalue weighted by Gasteiger charge is -2.44.